The minimum absolute atomic E-state index is 0. The van der Waals surface area contributed by atoms with Crippen molar-refractivity contribution in [2.45, 2.75) is 46.1 Å². The molecule has 17 heavy (non-hydrogen) atoms. The summed E-state index contributed by atoms with van der Waals surface area (Å²) in [6.45, 7) is 9.50. The SMILES string of the molecule is CCC(=O)N(C)CCCOCCCNC(C)C.[HH]. The van der Waals surface area contributed by atoms with Gasteiger partial charge in [-0.2, -0.15) is 0 Å². The Morgan fingerprint density at radius 1 is 1.35 bits per heavy atom. The van der Waals surface area contributed by atoms with E-state index in [1.54, 1.807) is 4.90 Å². The van der Waals surface area contributed by atoms with E-state index >= 15 is 0 Å². The number of carbonyl (C=O) groups excluding carboxylic acids is 1. The zero-order valence-corrected chi connectivity index (χ0v) is 11.8. The summed E-state index contributed by atoms with van der Waals surface area (Å²) in [7, 11) is 1.85. The molecule has 1 amide bonds. The fourth-order valence-corrected chi connectivity index (χ4v) is 1.47. The molecule has 0 saturated carbocycles. The summed E-state index contributed by atoms with van der Waals surface area (Å²) < 4.78 is 5.50. The molecule has 0 atom stereocenters. The van der Waals surface area contributed by atoms with Crippen LogP contribution in [0.25, 0.3) is 0 Å². The zero-order chi connectivity index (χ0) is 13.1. The fraction of sp³-hybridized carbons (Fsp3) is 0.923. The van der Waals surface area contributed by atoms with E-state index in [1.807, 2.05) is 14.0 Å². The maximum absolute atomic E-state index is 11.3. The molecule has 4 nitrogen and oxygen atoms in total. The van der Waals surface area contributed by atoms with Crippen LogP contribution in [-0.4, -0.2) is 50.2 Å². The topological polar surface area (TPSA) is 41.6 Å². The normalized spacial score (nSPS) is 10.9. The van der Waals surface area contributed by atoms with Gasteiger partial charge in [0.05, 0.1) is 0 Å². The van der Waals surface area contributed by atoms with Crippen LogP contribution in [0.15, 0.2) is 0 Å². The van der Waals surface area contributed by atoms with Crippen LogP contribution in [0.2, 0.25) is 0 Å². The fourth-order valence-electron chi connectivity index (χ4n) is 1.47. The molecule has 0 aromatic heterocycles. The minimum Gasteiger partial charge on any atom is -0.381 e. The first kappa shape index (κ1) is 16.4. The van der Waals surface area contributed by atoms with E-state index in [4.69, 9.17) is 4.74 Å². The highest BCUT2D eigenvalue weighted by atomic mass is 16.5. The molecule has 0 spiro atoms. The third-order valence-corrected chi connectivity index (χ3v) is 2.53. The van der Waals surface area contributed by atoms with E-state index in [-0.39, 0.29) is 7.33 Å². The van der Waals surface area contributed by atoms with Crippen LogP contribution in [0, 0.1) is 0 Å². The van der Waals surface area contributed by atoms with Crippen molar-refractivity contribution in [3.05, 3.63) is 0 Å². The molecule has 4 heteroatoms. The Bertz CT molecular complexity index is 201. The van der Waals surface area contributed by atoms with Crippen LogP contribution >= 0.6 is 0 Å². The number of carbonyl (C=O) groups is 1. The molecule has 0 bridgehead atoms. The van der Waals surface area contributed by atoms with E-state index in [0.717, 1.165) is 39.1 Å². The molecule has 0 aromatic carbocycles. The maximum Gasteiger partial charge on any atom is 0.222 e. The van der Waals surface area contributed by atoms with Gasteiger partial charge in [0.2, 0.25) is 5.91 Å². The molecule has 0 aliphatic carbocycles. The number of nitrogens with zero attached hydrogens (tertiary/aromatic N) is 1. The van der Waals surface area contributed by atoms with Crippen LogP contribution in [-0.2, 0) is 9.53 Å². The predicted molar refractivity (Wildman–Crippen MR) is 73.2 cm³/mol. The Labute approximate surface area is 107 Å². The number of nitrogens with one attached hydrogen (secondary N) is 1. The molecule has 104 valence electrons. The Hall–Kier alpha value is -0.610. The highest BCUT2D eigenvalue weighted by Gasteiger charge is 2.04. The van der Waals surface area contributed by atoms with Crippen molar-refractivity contribution >= 4 is 5.91 Å². The Morgan fingerprint density at radius 3 is 2.59 bits per heavy atom. The lowest BCUT2D eigenvalue weighted by Gasteiger charge is -2.16. The molecule has 0 saturated heterocycles. The van der Waals surface area contributed by atoms with E-state index in [1.165, 1.54) is 0 Å². The van der Waals surface area contributed by atoms with Crippen LogP contribution < -0.4 is 5.32 Å². The lowest BCUT2D eigenvalue weighted by molar-refractivity contribution is -0.129. The van der Waals surface area contributed by atoms with Gasteiger partial charge in [-0.15, -0.1) is 0 Å². The lowest BCUT2D eigenvalue weighted by atomic mass is 10.3. The van der Waals surface area contributed by atoms with Gasteiger partial charge in [0.25, 0.3) is 0 Å². The van der Waals surface area contributed by atoms with Gasteiger partial charge in [0.15, 0.2) is 0 Å². The predicted octanol–water partition coefficient (Wildman–Crippen LogP) is 1.90. The van der Waals surface area contributed by atoms with Crippen molar-refractivity contribution in [3.8, 4) is 0 Å². The number of hydrogen-bond acceptors (Lipinski definition) is 3. The molecule has 0 radical (unpaired) electrons. The maximum atomic E-state index is 11.3. The lowest BCUT2D eigenvalue weighted by Crippen LogP contribution is -2.27. The van der Waals surface area contributed by atoms with Crippen molar-refractivity contribution in [2.24, 2.45) is 0 Å². The number of hydrogen-bond donors (Lipinski definition) is 1. The highest BCUT2D eigenvalue weighted by molar-refractivity contribution is 5.75. The molecule has 0 rings (SSSR count). The standard InChI is InChI=1S/C13H28N2O2.H2/c1-5-13(16)15(4)9-7-11-17-10-6-8-14-12(2)3;/h12,14H,5-11H2,1-4H3;1H. The van der Waals surface area contributed by atoms with E-state index in [9.17, 15) is 4.79 Å². The summed E-state index contributed by atoms with van der Waals surface area (Å²) in [5.74, 6) is 0.200. The summed E-state index contributed by atoms with van der Waals surface area (Å²) in [5, 5.41) is 3.34. The highest BCUT2D eigenvalue weighted by Crippen LogP contribution is 1.93. The first-order valence-electron chi connectivity index (χ1n) is 6.63. The molecule has 1 N–H and O–H groups in total. The van der Waals surface area contributed by atoms with Gasteiger partial charge in [-0.3, -0.25) is 4.79 Å². The molecule has 0 heterocycles. The van der Waals surface area contributed by atoms with Crippen LogP contribution in [0.3, 0.4) is 0 Å². The molecule has 0 aromatic rings. The van der Waals surface area contributed by atoms with Crippen LogP contribution in [0.4, 0.5) is 0 Å². The summed E-state index contributed by atoms with van der Waals surface area (Å²) in [5.41, 5.74) is 0. The molecular formula is C13H30N2O2. The van der Waals surface area contributed by atoms with E-state index in [0.29, 0.717) is 12.5 Å². The van der Waals surface area contributed by atoms with Gasteiger partial charge in [-0.05, 0) is 19.4 Å². The largest absolute Gasteiger partial charge is 0.381 e. The average molecular weight is 246 g/mol. The van der Waals surface area contributed by atoms with Crippen molar-refractivity contribution < 1.29 is 11.0 Å². The zero-order valence-electron chi connectivity index (χ0n) is 11.8. The van der Waals surface area contributed by atoms with Crippen molar-refractivity contribution in [2.75, 3.05) is 33.4 Å². The van der Waals surface area contributed by atoms with Crippen molar-refractivity contribution in [3.63, 3.8) is 0 Å². The van der Waals surface area contributed by atoms with E-state index in [2.05, 4.69) is 19.2 Å². The number of ether oxygens (including phenoxy) is 1. The second-order valence-corrected chi connectivity index (χ2v) is 4.60. The van der Waals surface area contributed by atoms with Crippen molar-refractivity contribution in [1.82, 2.24) is 10.2 Å². The molecule has 0 aliphatic heterocycles. The van der Waals surface area contributed by atoms with Gasteiger partial charge < -0.3 is 15.0 Å². The molecule has 0 unspecified atom stereocenters. The van der Waals surface area contributed by atoms with Gasteiger partial charge >= 0.3 is 0 Å². The Kier molecular flexibility index (Phi) is 10.2. The average Bonchev–Trinajstić information content (AvgIpc) is 2.30. The summed E-state index contributed by atoms with van der Waals surface area (Å²) in [6.07, 6.45) is 2.54. The second kappa shape index (κ2) is 10.5. The molecule has 0 aliphatic rings. The van der Waals surface area contributed by atoms with Gasteiger partial charge in [-0.25, -0.2) is 0 Å². The first-order valence-corrected chi connectivity index (χ1v) is 6.63. The summed E-state index contributed by atoms with van der Waals surface area (Å²) >= 11 is 0. The Balaban J connectivity index is 0. The number of amides is 1. The van der Waals surface area contributed by atoms with Gasteiger partial charge in [0.1, 0.15) is 0 Å². The van der Waals surface area contributed by atoms with Gasteiger partial charge in [0, 0.05) is 40.7 Å². The number of rotatable bonds is 10. The second-order valence-electron chi connectivity index (χ2n) is 4.60. The molecule has 0 fully saturated rings. The smallest absolute Gasteiger partial charge is 0.222 e. The van der Waals surface area contributed by atoms with Crippen LogP contribution in [0.5, 0.6) is 0 Å². The van der Waals surface area contributed by atoms with Gasteiger partial charge in [-0.1, -0.05) is 20.8 Å². The summed E-state index contributed by atoms with van der Waals surface area (Å²) in [6, 6.07) is 0.545. The first-order chi connectivity index (χ1) is 8.07. The van der Waals surface area contributed by atoms with Crippen molar-refractivity contribution in [1.29, 1.82) is 0 Å². The third-order valence-electron chi connectivity index (χ3n) is 2.53. The van der Waals surface area contributed by atoms with E-state index < -0.39 is 0 Å². The van der Waals surface area contributed by atoms with Crippen LogP contribution in [0.1, 0.15) is 41.5 Å². The third kappa shape index (κ3) is 10.3. The molecular weight excluding hydrogens is 216 g/mol. The Morgan fingerprint density at radius 2 is 2.00 bits per heavy atom. The minimum atomic E-state index is 0. The quantitative estimate of drug-likeness (QED) is 0.599. The summed E-state index contributed by atoms with van der Waals surface area (Å²) in [4.78, 5) is 13.0. The monoisotopic (exact) mass is 246 g/mol.